The summed E-state index contributed by atoms with van der Waals surface area (Å²) in [5.74, 6) is 0.319. The van der Waals surface area contributed by atoms with Crippen LogP contribution in [0, 0.1) is 10.1 Å². The molecule has 1 amide bonds. The van der Waals surface area contributed by atoms with E-state index in [1.165, 1.54) is 6.07 Å². The van der Waals surface area contributed by atoms with Gasteiger partial charge in [-0.3, -0.25) is 14.9 Å². The molecule has 1 heterocycles. The zero-order valence-electron chi connectivity index (χ0n) is 10.1. The smallest absolute Gasteiger partial charge is 0.289 e. The number of rotatable bonds is 6. The fourth-order valence-corrected chi connectivity index (χ4v) is 1.71. The van der Waals surface area contributed by atoms with E-state index in [4.69, 9.17) is 11.6 Å². The molecule has 0 spiro atoms. The van der Waals surface area contributed by atoms with Crippen LogP contribution >= 0.6 is 11.6 Å². The van der Waals surface area contributed by atoms with Crippen molar-refractivity contribution in [3.63, 3.8) is 0 Å². The van der Waals surface area contributed by atoms with Crippen molar-refractivity contribution in [3.8, 4) is 0 Å². The number of carbonyl (C=O) groups is 1. The number of nitro groups is 1. The number of hydrogen-bond acceptors (Lipinski definition) is 5. The molecule has 1 aliphatic rings. The molecule has 1 fully saturated rings. The lowest BCUT2D eigenvalue weighted by Gasteiger charge is -2.07. The highest BCUT2D eigenvalue weighted by molar-refractivity contribution is 6.33. The van der Waals surface area contributed by atoms with Crippen LogP contribution in [0.3, 0.4) is 0 Å². The highest BCUT2D eigenvalue weighted by Crippen LogP contribution is 2.23. The maximum atomic E-state index is 11.4. The molecule has 7 nitrogen and oxygen atoms in total. The third-order valence-electron chi connectivity index (χ3n) is 2.62. The minimum absolute atomic E-state index is 0.0203. The average Bonchev–Trinajstić information content (AvgIpc) is 3.14. The van der Waals surface area contributed by atoms with Crippen LogP contribution < -0.4 is 10.6 Å². The van der Waals surface area contributed by atoms with Crippen molar-refractivity contribution in [3.05, 3.63) is 27.4 Å². The van der Waals surface area contributed by atoms with E-state index in [1.54, 1.807) is 0 Å². The second kappa shape index (κ2) is 5.83. The van der Waals surface area contributed by atoms with Gasteiger partial charge in [0.2, 0.25) is 5.91 Å². The molecule has 1 aliphatic carbocycles. The molecule has 0 aliphatic heterocycles. The second-order valence-electron chi connectivity index (χ2n) is 4.30. The number of anilines is 1. The SMILES string of the molecule is O=C(CCNc1ncc([N+](=O)[O-])cc1Cl)NC1CC1. The predicted octanol–water partition coefficient (Wildman–Crippen LogP) is 1.72. The Kier molecular flexibility index (Phi) is 4.16. The molecule has 0 atom stereocenters. The molecule has 0 saturated heterocycles. The molecule has 8 heteroatoms. The minimum atomic E-state index is -0.564. The van der Waals surface area contributed by atoms with E-state index in [2.05, 4.69) is 15.6 Å². The van der Waals surface area contributed by atoms with E-state index in [0.29, 0.717) is 24.8 Å². The molecule has 2 rings (SSSR count). The zero-order chi connectivity index (χ0) is 13.8. The van der Waals surface area contributed by atoms with Crippen molar-refractivity contribution in [2.75, 3.05) is 11.9 Å². The van der Waals surface area contributed by atoms with E-state index in [9.17, 15) is 14.9 Å². The lowest BCUT2D eigenvalue weighted by atomic mass is 10.3. The Balaban J connectivity index is 1.81. The maximum Gasteiger partial charge on any atom is 0.289 e. The van der Waals surface area contributed by atoms with Gasteiger partial charge in [-0.05, 0) is 12.8 Å². The van der Waals surface area contributed by atoms with Crippen LogP contribution in [0.5, 0.6) is 0 Å². The predicted molar refractivity (Wildman–Crippen MR) is 70.2 cm³/mol. The third-order valence-corrected chi connectivity index (χ3v) is 2.91. The number of carbonyl (C=O) groups excluding carboxylic acids is 1. The molecule has 1 aromatic heterocycles. The molecule has 0 radical (unpaired) electrons. The topological polar surface area (TPSA) is 97.2 Å². The number of aromatic nitrogens is 1. The van der Waals surface area contributed by atoms with Crippen LogP contribution in [-0.2, 0) is 4.79 Å². The molecule has 19 heavy (non-hydrogen) atoms. The molecule has 1 aromatic rings. The van der Waals surface area contributed by atoms with Crippen molar-refractivity contribution < 1.29 is 9.72 Å². The molecule has 1 saturated carbocycles. The number of pyridine rings is 1. The molecule has 0 bridgehead atoms. The van der Waals surface area contributed by atoms with E-state index in [-0.39, 0.29) is 16.6 Å². The Labute approximate surface area is 114 Å². The number of hydrogen-bond donors (Lipinski definition) is 2. The number of nitrogens with zero attached hydrogens (tertiary/aromatic N) is 2. The van der Waals surface area contributed by atoms with Gasteiger partial charge in [0.15, 0.2) is 0 Å². The maximum absolute atomic E-state index is 11.4. The fourth-order valence-electron chi connectivity index (χ4n) is 1.48. The van der Waals surface area contributed by atoms with Crippen molar-refractivity contribution in [1.82, 2.24) is 10.3 Å². The third kappa shape index (κ3) is 4.06. The summed E-state index contributed by atoms with van der Waals surface area (Å²) < 4.78 is 0. The summed E-state index contributed by atoms with van der Waals surface area (Å²) in [6.45, 7) is 0.378. The number of halogens is 1. The molecule has 0 unspecified atom stereocenters. The summed E-state index contributed by atoms with van der Waals surface area (Å²) in [6, 6.07) is 1.56. The first-order valence-corrected chi connectivity index (χ1v) is 6.27. The quantitative estimate of drug-likeness (QED) is 0.612. The van der Waals surface area contributed by atoms with E-state index in [0.717, 1.165) is 19.0 Å². The van der Waals surface area contributed by atoms with E-state index < -0.39 is 4.92 Å². The standard InChI is InChI=1S/C11H13ClN4O3/c12-9-5-8(16(18)19)6-14-11(9)13-4-3-10(17)15-7-1-2-7/h5-7H,1-4H2,(H,13,14)(H,15,17). The summed E-state index contributed by atoms with van der Waals surface area (Å²) >= 11 is 5.85. The number of amides is 1. The van der Waals surface area contributed by atoms with Gasteiger partial charge in [-0.25, -0.2) is 4.98 Å². The molecule has 2 N–H and O–H groups in total. The summed E-state index contributed by atoms with van der Waals surface area (Å²) in [5.41, 5.74) is -0.165. The Hall–Kier alpha value is -1.89. The molecule has 0 aromatic carbocycles. The molecular formula is C11H13ClN4O3. The summed E-state index contributed by atoms with van der Waals surface area (Å²) in [5, 5.41) is 16.4. The Morgan fingerprint density at radius 3 is 2.89 bits per heavy atom. The van der Waals surface area contributed by atoms with Gasteiger partial charge in [0, 0.05) is 25.1 Å². The Morgan fingerprint density at radius 1 is 1.58 bits per heavy atom. The lowest BCUT2D eigenvalue weighted by Crippen LogP contribution is -2.27. The largest absolute Gasteiger partial charge is 0.368 e. The monoisotopic (exact) mass is 284 g/mol. The van der Waals surface area contributed by atoms with Crippen molar-refractivity contribution in [2.24, 2.45) is 0 Å². The van der Waals surface area contributed by atoms with Crippen LogP contribution in [0.2, 0.25) is 5.02 Å². The summed E-state index contributed by atoms with van der Waals surface area (Å²) in [6.07, 6.45) is 3.54. The highest BCUT2D eigenvalue weighted by Gasteiger charge is 2.22. The number of nitrogens with one attached hydrogen (secondary N) is 2. The fraction of sp³-hybridized carbons (Fsp3) is 0.455. The van der Waals surface area contributed by atoms with Crippen LogP contribution in [-0.4, -0.2) is 28.4 Å². The van der Waals surface area contributed by atoms with E-state index in [1.807, 2.05) is 0 Å². The van der Waals surface area contributed by atoms with Gasteiger partial charge in [-0.1, -0.05) is 11.6 Å². The van der Waals surface area contributed by atoms with Gasteiger partial charge in [-0.2, -0.15) is 0 Å². The minimum Gasteiger partial charge on any atom is -0.368 e. The van der Waals surface area contributed by atoms with Gasteiger partial charge in [0.05, 0.1) is 9.95 Å². The first kappa shape index (κ1) is 13.5. The molecular weight excluding hydrogens is 272 g/mol. The molecule has 102 valence electrons. The van der Waals surface area contributed by atoms with Crippen molar-refractivity contribution in [2.45, 2.75) is 25.3 Å². The second-order valence-corrected chi connectivity index (χ2v) is 4.71. The van der Waals surface area contributed by atoms with Gasteiger partial charge in [0.1, 0.15) is 12.0 Å². The van der Waals surface area contributed by atoms with Crippen LogP contribution in [0.25, 0.3) is 0 Å². The van der Waals surface area contributed by atoms with Crippen LogP contribution in [0.1, 0.15) is 19.3 Å². The first-order valence-electron chi connectivity index (χ1n) is 5.89. The average molecular weight is 285 g/mol. The van der Waals surface area contributed by atoms with Gasteiger partial charge in [0.25, 0.3) is 5.69 Å². The Morgan fingerprint density at radius 2 is 2.32 bits per heavy atom. The van der Waals surface area contributed by atoms with Crippen LogP contribution in [0.4, 0.5) is 11.5 Å². The van der Waals surface area contributed by atoms with Gasteiger partial charge < -0.3 is 10.6 Å². The normalized spacial score (nSPS) is 13.9. The van der Waals surface area contributed by atoms with Crippen molar-refractivity contribution >= 4 is 29.0 Å². The van der Waals surface area contributed by atoms with E-state index >= 15 is 0 Å². The van der Waals surface area contributed by atoms with Crippen LogP contribution in [0.15, 0.2) is 12.3 Å². The summed E-state index contributed by atoms with van der Waals surface area (Å²) in [7, 11) is 0. The first-order chi connectivity index (χ1) is 9.06. The van der Waals surface area contributed by atoms with Gasteiger partial charge in [-0.15, -0.1) is 0 Å². The summed E-state index contributed by atoms with van der Waals surface area (Å²) in [4.78, 5) is 25.2. The lowest BCUT2D eigenvalue weighted by molar-refractivity contribution is -0.385. The van der Waals surface area contributed by atoms with Crippen molar-refractivity contribution in [1.29, 1.82) is 0 Å². The zero-order valence-corrected chi connectivity index (χ0v) is 10.8. The van der Waals surface area contributed by atoms with Gasteiger partial charge >= 0.3 is 0 Å². The Bertz CT molecular complexity index is 505. The highest BCUT2D eigenvalue weighted by atomic mass is 35.5.